The number of aryl methyl sites for hydroxylation is 3. The van der Waals surface area contributed by atoms with Crippen LogP contribution >= 0.6 is 0 Å². The molecular formula is C17H22O. The summed E-state index contributed by atoms with van der Waals surface area (Å²) in [7, 11) is 0. The Hall–Kier alpha value is -1.50. The quantitative estimate of drug-likeness (QED) is 0.636. The molecule has 0 aliphatic rings. The lowest BCUT2D eigenvalue weighted by Gasteiger charge is -2.03. The first-order valence-corrected chi connectivity index (χ1v) is 6.98. The summed E-state index contributed by atoms with van der Waals surface area (Å²) in [6.07, 6.45) is 8.92. The Bertz CT molecular complexity index is 425. The monoisotopic (exact) mass is 242 g/mol. The van der Waals surface area contributed by atoms with E-state index >= 15 is 0 Å². The third kappa shape index (κ3) is 4.06. The van der Waals surface area contributed by atoms with Crippen molar-refractivity contribution in [3.05, 3.63) is 59.5 Å². The van der Waals surface area contributed by atoms with Gasteiger partial charge in [-0.2, -0.15) is 0 Å². The lowest BCUT2D eigenvalue weighted by Crippen LogP contribution is -1.89. The van der Waals surface area contributed by atoms with Crippen LogP contribution in [0.5, 0.6) is 0 Å². The minimum Gasteiger partial charge on any atom is -0.469 e. The van der Waals surface area contributed by atoms with Gasteiger partial charge in [0, 0.05) is 6.42 Å². The van der Waals surface area contributed by atoms with Gasteiger partial charge >= 0.3 is 0 Å². The summed E-state index contributed by atoms with van der Waals surface area (Å²) >= 11 is 0. The van der Waals surface area contributed by atoms with Gasteiger partial charge in [-0.25, -0.2) is 0 Å². The first-order chi connectivity index (χ1) is 8.88. The van der Waals surface area contributed by atoms with Crippen LogP contribution in [0.2, 0.25) is 0 Å². The molecule has 0 saturated carbocycles. The highest BCUT2D eigenvalue weighted by Gasteiger charge is 1.97. The van der Waals surface area contributed by atoms with E-state index in [1.165, 1.54) is 36.8 Å². The molecule has 1 aromatic heterocycles. The van der Waals surface area contributed by atoms with Crippen LogP contribution in [0, 0.1) is 0 Å². The Kier molecular flexibility index (Phi) is 5.07. The van der Waals surface area contributed by atoms with E-state index in [0.717, 1.165) is 18.6 Å². The molecule has 2 aromatic rings. The van der Waals surface area contributed by atoms with Crippen LogP contribution in [0.1, 0.15) is 43.1 Å². The molecule has 0 aliphatic carbocycles. The maximum Gasteiger partial charge on any atom is 0.103 e. The van der Waals surface area contributed by atoms with E-state index in [2.05, 4.69) is 37.3 Å². The van der Waals surface area contributed by atoms with Gasteiger partial charge in [0.15, 0.2) is 0 Å². The van der Waals surface area contributed by atoms with Crippen molar-refractivity contribution < 1.29 is 4.42 Å². The van der Waals surface area contributed by atoms with Crippen molar-refractivity contribution in [2.24, 2.45) is 0 Å². The third-order valence-electron chi connectivity index (χ3n) is 3.40. The zero-order valence-corrected chi connectivity index (χ0v) is 11.2. The van der Waals surface area contributed by atoms with Crippen LogP contribution in [-0.4, -0.2) is 0 Å². The summed E-state index contributed by atoms with van der Waals surface area (Å²) in [5.41, 5.74) is 2.89. The topological polar surface area (TPSA) is 13.1 Å². The van der Waals surface area contributed by atoms with Gasteiger partial charge in [-0.1, -0.05) is 37.6 Å². The van der Waals surface area contributed by atoms with Gasteiger partial charge in [-0.3, -0.25) is 0 Å². The van der Waals surface area contributed by atoms with Gasteiger partial charge < -0.3 is 4.42 Å². The third-order valence-corrected chi connectivity index (χ3v) is 3.40. The second kappa shape index (κ2) is 7.05. The van der Waals surface area contributed by atoms with Crippen LogP contribution in [0.3, 0.4) is 0 Å². The molecule has 0 unspecified atom stereocenters. The van der Waals surface area contributed by atoms with Gasteiger partial charge in [0.25, 0.3) is 0 Å². The van der Waals surface area contributed by atoms with Crippen molar-refractivity contribution in [3.63, 3.8) is 0 Å². The van der Waals surface area contributed by atoms with Gasteiger partial charge in [0.2, 0.25) is 0 Å². The zero-order chi connectivity index (χ0) is 12.6. The fraction of sp³-hybridized carbons (Fsp3) is 0.412. The van der Waals surface area contributed by atoms with Crippen LogP contribution in [0.4, 0.5) is 0 Å². The molecule has 96 valence electrons. The molecule has 0 radical (unpaired) electrons. The van der Waals surface area contributed by atoms with E-state index in [9.17, 15) is 0 Å². The molecule has 18 heavy (non-hydrogen) atoms. The molecule has 0 N–H and O–H groups in total. The SMILES string of the molecule is CCc1ccc(CCCCCc2ccco2)cc1. The summed E-state index contributed by atoms with van der Waals surface area (Å²) in [6.45, 7) is 2.20. The van der Waals surface area contributed by atoms with Crippen LogP contribution in [0.25, 0.3) is 0 Å². The second-order valence-corrected chi connectivity index (χ2v) is 4.81. The van der Waals surface area contributed by atoms with Gasteiger partial charge in [0.1, 0.15) is 5.76 Å². The lowest BCUT2D eigenvalue weighted by atomic mass is 10.0. The van der Waals surface area contributed by atoms with Crippen LogP contribution in [0.15, 0.2) is 47.1 Å². The molecule has 0 aliphatic heterocycles. The fourth-order valence-electron chi connectivity index (χ4n) is 2.20. The standard InChI is InChI=1S/C17H22O/c1-2-15-10-12-16(13-11-15)7-4-3-5-8-17-9-6-14-18-17/h6,9-14H,2-5,7-8H2,1H3. The molecule has 1 nitrogen and oxygen atoms in total. The van der Waals surface area contributed by atoms with Crippen molar-refractivity contribution >= 4 is 0 Å². The Morgan fingerprint density at radius 2 is 1.56 bits per heavy atom. The molecule has 0 saturated heterocycles. The summed E-state index contributed by atoms with van der Waals surface area (Å²) < 4.78 is 5.32. The molecule has 0 amide bonds. The van der Waals surface area contributed by atoms with E-state index in [1.807, 2.05) is 6.07 Å². The van der Waals surface area contributed by atoms with Gasteiger partial charge in [-0.05, 0) is 48.9 Å². The second-order valence-electron chi connectivity index (χ2n) is 4.81. The smallest absolute Gasteiger partial charge is 0.103 e. The minimum absolute atomic E-state index is 1.07. The predicted molar refractivity (Wildman–Crippen MR) is 75.8 cm³/mol. The average Bonchev–Trinajstić information content (AvgIpc) is 2.92. The lowest BCUT2D eigenvalue weighted by molar-refractivity contribution is 0.495. The van der Waals surface area contributed by atoms with E-state index < -0.39 is 0 Å². The maximum absolute atomic E-state index is 5.32. The fourth-order valence-corrected chi connectivity index (χ4v) is 2.20. The van der Waals surface area contributed by atoms with Gasteiger partial charge in [0.05, 0.1) is 6.26 Å². The van der Waals surface area contributed by atoms with Crippen LogP contribution in [-0.2, 0) is 19.3 Å². The number of unbranched alkanes of at least 4 members (excludes halogenated alkanes) is 2. The molecular weight excluding hydrogens is 220 g/mol. The Balaban J connectivity index is 1.62. The molecule has 1 heteroatoms. The number of rotatable bonds is 7. The molecule has 0 fully saturated rings. The van der Waals surface area contributed by atoms with Crippen LogP contribution < -0.4 is 0 Å². The Labute approximate surface area is 110 Å². The number of hydrogen-bond donors (Lipinski definition) is 0. The summed E-state index contributed by atoms with van der Waals surface area (Å²) in [4.78, 5) is 0. The number of benzene rings is 1. The Morgan fingerprint density at radius 1 is 0.833 bits per heavy atom. The highest BCUT2D eigenvalue weighted by molar-refractivity contribution is 5.22. The molecule has 0 bridgehead atoms. The summed E-state index contributed by atoms with van der Waals surface area (Å²) in [5, 5.41) is 0. The van der Waals surface area contributed by atoms with Gasteiger partial charge in [-0.15, -0.1) is 0 Å². The highest BCUT2D eigenvalue weighted by atomic mass is 16.3. The zero-order valence-electron chi connectivity index (χ0n) is 11.2. The van der Waals surface area contributed by atoms with E-state index in [4.69, 9.17) is 4.42 Å². The molecule has 0 atom stereocenters. The van der Waals surface area contributed by atoms with Crippen molar-refractivity contribution in [1.29, 1.82) is 0 Å². The normalized spacial score (nSPS) is 10.7. The molecule has 0 spiro atoms. The van der Waals surface area contributed by atoms with Crippen molar-refractivity contribution in [2.75, 3.05) is 0 Å². The predicted octanol–water partition coefficient (Wildman–Crippen LogP) is 4.80. The van der Waals surface area contributed by atoms with Crippen molar-refractivity contribution in [3.8, 4) is 0 Å². The maximum atomic E-state index is 5.32. The van der Waals surface area contributed by atoms with E-state index in [1.54, 1.807) is 6.26 Å². The number of hydrogen-bond acceptors (Lipinski definition) is 1. The van der Waals surface area contributed by atoms with E-state index in [-0.39, 0.29) is 0 Å². The van der Waals surface area contributed by atoms with Crippen molar-refractivity contribution in [2.45, 2.75) is 45.4 Å². The Morgan fingerprint density at radius 3 is 2.22 bits per heavy atom. The first-order valence-electron chi connectivity index (χ1n) is 6.98. The average molecular weight is 242 g/mol. The van der Waals surface area contributed by atoms with E-state index in [0.29, 0.717) is 0 Å². The summed E-state index contributed by atoms with van der Waals surface area (Å²) in [6, 6.07) is 13.1. The molecule has 2 rings (SSSR count). The molecule has 1 aromatic carbocycles. The largest absolute Gasteiger partial charge is 0.469 e. The molecule has 1 heterocycles. The van der Waals surface area contributed by atoms with Crippen molar-refractivity contribution in [1.82, 2.24) is 0 Å². The first kappa shape index (κ1) is 12.9. The number of furan rings is 1. The minimum atomic E-state index is 1.07. The highest BCUT2D eigenvalue weighted by Crippen LogP contribution is 2.11. The summed E-state index contributed by atoms with van der Waals surface area (Å²) in [5.74, 6) is 1.11.